The Balaban J connectivity index is 2.44. The van der Waals surface area contributed by atoms with Crippen LogP contribution in [-0.2, 0) is 5.60 Å². The molecule has 0 saturated heterocycles. The summed E-state index contributed by atoms with van der Waals surface area (Å²) in [5.41, 5.74) is 0.291. The van der Waals surface area contributed by atoms with Crippen molar-refractivity contribution < 1.29 is 20.1 Å². The average molecular weight is 270 g/mol. The third-order valence-corrected chi connectivity index (χ3v) is 3.87. The Bertz CT molecular complexity index is 744. The highest BCUT2D eigenvalue weighted by molar-refractivity contribution is 6.15. The molecule has 0 heterocycles. The maximum absolute atomic E-state index is 12.6. The first-order valence-electron chi connectivity index (χ1n) is 6.27. The quantitative estimate of drug-likeness (QED) is 0.686. The number of phenolic OH excluding ortho intramolecular Hbond substituents is 2. The zero-order valence-corrected chi connectivity index (χ0v) is 11.1. The van der Waals surface area contributed by atoms with E-state index in [2.05, 4.69) is 0 Å². The maximum Gasteiger partial charge on any atom is 0.197 e. The molecule has 0 unspecified atom stereocenters. The van der Waals surface area contributed by atoms with E-state index >= 15 is 0 Å². The van der Waals surface area contributed by atoms with E-state index in [-0.39, 0.29) is 22.8 Å². The Hall–Kier alpha value is -2.33. The van der Waals surface area contributed by atoms with Crippen LogP contribution in [0.5, 0.6) is 11.5 Å². The predicted octanol–water partition coefficient (Wildman–Crippen LogP) is 2.21. The van der Waals surface area contributed by atoms with Gasteiger partial charge in [0.05, 0.1) is 5.56 Å². The van der Waals surface area contributed by atoms with Gasteiger partial charge in [-0.25, -0.2) is 0 Å². The van der Waals surface area contributed by atoms with Crippen LogP contribution >= 0.6 is 0 Å². The van der Waals surface area contributed by atoms with Crippen LogP contribution in [0.1, 0.15) is 39.5 Å². The van der Waals surface area contributed by atoms with Crippen molar-refractivity contribution >= 4 is 5.78 Å². The lowest BCUT2D eigenvalue weighted by atomic mass is 9.73. The van der Waals surface area contributed by atoms with Gasteiger partial charge in [0.15, 0.2) is 5.78 Å². The van der Waals surface area contributed by atoms with Gasteiger partial charge in [-0.2, -0.15) is 0 Å². The first-order valence-corrected chi connectivity index (χ1v) is 6.27. The second-order valence-electron chi connectivity index (χ2n) is 5.29. The molecule has 4 nitrogen and oxygen atoms in total. The molecular weight excluding hydrogens is 256 g/mol. The highest BCUT2D eigenvalue weighted by Crippen LogP contribution is 2.44. The van der Waals surface area contributed by atoms with E-state index in [1.807, 2.05) is 0 Å². The molecular formula is C16H14O4. The minimum atomic E-state index is -1.44. The van der Waals surface area contributed by atoms with Gasteiger partial charge in [-0.15, -0.1) is 0 Å². The summed E-state index contributed by atoms with van der Waals surface area (Å²) in [6, 6.07) is 7.48. The summed E-state index contributed by atoms with van der Waals surface area (Å²) in [6.45, 7) is 3.24. The standard InChI is InChI=1S/C16H14O4/c1-8-6-9(17)7-11-13(8)15(19)14-10(16(11,2)20)4-3-5-12(14)18/h3-7,17-18,20H,1-2H3/t16-/m0/s1. The van der Waals surface area contributed by atoms with Crippen LogP contribution in [0.4, 0.5) is 0 Å². The number of fused-ring (bicyclic) bond motifs is 2. The van der Waals surface area contributed by atoms with E-state index in [9.17, 15) is 20.1 Å². The van der Waals surface area contributed by atoms with Crippen LogP contribution in [0, 0.1) is 6.92 Å². The summed E-state index contributed by atoms with van der Waals surface area (Å²) >= 11 is 0. The number of rotatable bonds is 0. The smallest absolute Gasteiger partial charge is 0.197 e. The third-order valence-electron chi connectivity index (χ3n) is 3.87. The van der Waals surface area contributed by atoms with Gasteiger partial charge in [0, 0.05) is 16.7 Å². The predicted molar refractivity (Wildman–Crippen MR) is 73.1 cm³/mol. The van der Waals surface area contributed by atoms with E-state index in [4.69, 9.17) is 0 Å². The molecule has 3 N–H and O–H groups in total. The first kappa shape index (κ1) is 12.7. The van der Waals surface area contributed by atoms with E-state index < -0.39 is 5.60 Å². The largest absolute Gasteiger partial charge is 0.508 e. The van der Waals surface area contributed by atoms with E-state index in [0.717, 1.165) is 0 Å². The maximum atomic E-state index is 12.6. The van der Waals surface area contributed by atoms with Crippen molar-refractivity contribution in [2.75, 3.05) is 0 Å². The molecule has 1 atom stereocenters. The summed E-state index contributed by atoms with van der Waals surface area (Å²) in [5.74, 6) is -0.485. The summed E-state index contributed by atoms with van der Waals surface area (Å²) in [6.07, 6.45) is 0. The molecule has 1 aliphatic carbocycles. The molecule has 0 fully saturated rings. The Morgan fingerprint density at radius 1 is 1.05 bits per heavy atom. The fourth-order valence-corrected chi connectivity index (χ4v) is 2.91. The van der Waals surface area contributed by atoms with Crippen molar-refractivity contribution in [3.8, 4) is 11.5 Å². The fraction of sp³-hybridized carbons (Fsp3) is 0.188. The summed E-state index contributed by atoms with van der Waals surface area (Å²) in [5, 5.41) is 30.5. The van der Waals surface area contributed by atoms with Crippen LogP contribution in [0.15, 0.2) is 30.3 Å². The Kier molecular flexibility index (Phi) is 2.43. The van der Waals surface area contributed by atoms with Gasteiger partial charge < -0.3 is 15.3 Å². The number of carbonyl (C=O) groups excluding carboxylic acids is 1. The number of carbonyl (C=O) groups is 1. The lowest BCUT2D eigenvalue weighted by molar-refractivity contribution is 0.0854. The second kappa shape index (κ2) is 3.84. The second-order valence-corrected chi connectivity index (χ2v) is 5.29. The number of hydrogen-bond acceptors (Lipinski definition) is 4. The molecule has 2 aromatic carbocycles. The number of phenols is 2. The van der Waals surface area contributed by atoms with Crippen LogP contribution in [0.3, 0.4) is 0 Å². The van der Waals surface area contributed by atoms with Gasteiger partial charge in [0.2, 0.25) is 0 Å². The van der Waals surface area contributed by atoms with Gasteiger partial charge in [-0.05, 0) is 37.6 Å². The molecule has 1 aliphatic rings. The zero-order valence-electron chi connectivity index (χ0n) is 11.1. The van der Waals surface area contributed by atoms with E-state index in [1.54, 1.807) is 26.0 Å². The topological polar surface area (TPSA) is 77.8 Å². The summed E-state index contributed by atoms with van der Waals surface area (Å²) in [7, 11) is 0. The number of aliphatic hydroxyl groups is 1. The fourth-order valence-electron chi connectivity index (χ4n) is 2.91. The lowest BCUT2D eigenvalue weighted by Crippen LogP contribution is -2.33. The lowest BCUT2D eigenvalue weighted by Gasteiger charge is -2.33. The molecule has 3 rings (SSSR count). The number of benzene rings is 2. The van der Waals surface area contributed by atoms with Crippen LogP contribution in [0.2, 0.25) is 0 Å². The number of aryl methyl sites for hydroxylation is 1. The number of aromatic hydroxyl groups is 2. The van der Waals surface area contributed by atoms with E-state index in [1.165, 1.54) is 18.2 Å². The molecule has 0 aliphatic heterocycles. The summed E-state index contributed by atoms with van der Waals surface area (Å²) in [4.78, 5) is 12.6. The number of ketones is 1. The molecule has 0 spiro atoms. The minimum Gasteiger partial charge on any atom is -0.508 e. The first-order chi connectivity index (χ1) is 9.34. The van der Waals surface area contributed by atoms with Crippen molar-refractivity contribution in [1.82, 2.24) is 0 Å². The van der Waals surface area contributed by atoms with Gasteiger partial charge in [0.25, 0.3) is 0 Å². The highest BCUT2D eigenvalue weighted by atomic mass is 16.3. The SMILES string of the molecule is Cc1cc(O)cc2c1C(=O)c1c(O)cccc1[C@]2(C)O. The molecule has 0 bridgehead atoms. The van der Waals surface area contributed by atoms with Crippen LogP contribution in [-0.4, -0.2) is 21.1 Å². The van der Waals surface area contributed by atoms with Crippen molar-refractivity contribution in [2.45, 2.75) is 19.4 Å². The van der Waals surface area contributed by atoms with Crippen LogP contribution < -0.4 is 0 Å². The average Bonchev–Trinajstić information content (AvgIpc) is 2.35. The Morgan fingerprint density at radius 2 is 1.75 bits per heavy atom. The molecule has 4 heteroatoms. The molecule has 102 valence electrons. The van der Waals surface area contributed by atoms with Gasteiger partial charge >= 0.3 is 0 Å². The Morgan fingerprint density at radius 3 is 2.45 bits per heavy atom. The van der Waals surface area contributed by atoms with Crippen molar-refractivity contribution in [2.24, 2.45) is 0 Å². The molecule has 0 aromatic heterocycles. The molecule has 2 aromatic rings. The Labute approximate surface area is 115 Å². The third kappa shape index (κ3) is 1.48. The monoisotopic (exact) mass is 270 g/mol. The minimum absolute atomic E-state index is 0.00192. The molecule has 0 radical (unpaired) electrons. The normalized spacial score (nSPS) is 20.4. The molecule has 20 heavy (non-hydrogen) atoms. The number of hydrogen-bond donors (Lipinski definition) is 3. The van der Waals surface area contributed by atoms with E-state index in [0.29, 0.717) is 22.3 Å². The zero-order chi connectivity index (χ0) is 14.7. The van der Waals surface area contributed by atoms with Gasteiger partial charge in [0.1, 0.15) is 17.1 Å². The van der Waals surface area contributed by atoms with Gasteiger partial charge in [-0.3, -0.25) is 4.79 Å². The van der Waals surface area contributed by atoms with Crippen molar-refractivity contribution in [3.63, 3.8) is 0 Å². The molecule has 0 saturated carbocycles. The van der Waals surface area contributed by atoms with Crippen molar-refractivity contribution in [3.05, 3.63) is 58.1 Å². The van der Waals surface area contributed by atoms with Crippen LogP contribution in [0.25, 0.3) is 0 Å². The molecule has 0 amide bonds. The van der Waals surface area contributed by atoms with Crippen molar-refractivity contribution in [1.29, 1.82) is 0 Å². The summed E-state index contributed by atoms with van der Waals surface area (Å²) < 4.78 is 0. The van der Waals surface area contributed by atoms with Gasteiger partial charge in [-0.1, -0.05) is 12.1 Å². The highest BCUT2D eigenvalue weighted by Gasteiger charge is 2.41.